The minimum Gasteiger partial charge on any atom is -0.476 e. The van der Waals surface area contributed by atoms with Crippen molar-refractivity contribution in [2.75, 3.05) is 6.61 Å². The molecule has 7 heteroatoms. The molecule has 0 radical (unpaired) electrons. The second-order valence-electron chi connectivity index (χ2n) is 4.39. The molecule has 1 aromatic heterocycles. The summed E-state index contributed by atoms with van der Waals surface area (Å²) in [4.78, 5) is 11.2. The zero-order valence-corrected chi connectivity index (χ0v) is 11.0. The first-order valence-corrected chi connectivity index (χ1v) is 6.33. The SMILES string of the molecule is O=C(O)c1nn(-c2ccc(F)cc2Cl)c2c1COCC2. The van der Waals surface area contributed by atoms with Gasteiger partial charge in [-0.05, 0) is 18.2 Å². The van der Waals surface area contributed by atoms with Crippen LogP contribution in [0.2, 0.25) is 5.02 Å². The van der Waals surface area contributed by atoms with E-state index in [1.165, 1.54) is 22.9 Å². The Bertz CT molecular complexity index is 699. The Morgan fingerprint density at radius 1 is 1.50 bits per heavy atom. The highest BCUT2D eigenvalue weighted by molar-refractivity contribution is 6.32. The summed E-state index contributed by atoms with van der Waals surface area (Å²) in [6.45, 7) is 0.687. The molecule has 1 aromatic carbocycles. The van der Waals surface area contributed by atoms with Crippen molar-refractivity contribution in [2.24, 2.45) is 0 Å². The van der Waals surface area contributed by atoms with Crippen LogP contribution in [-0.4, -0.2) is 27.5 Å². The summed E-state index contributed by atoms with van der Waals surface area (Å²) in [5, 5.41) is 13.5. The number of ether oxygens (including phenoxy) is 1. The predicted octanol–water partition coefficient (Wildman–Crippen LogP) is 2.44. The molecule has 2 heterocycles. The highest BCUT2D eigenvalue weighted by Gasteiger charge is 2.26. The number of halogens is 2. The molecule has 0 saturated carbocycles. The molecule has 0 aliphatic carbocycles. The van der Waals surface area contributed by atoms with Crippen molar-refractivity contribution < 1.29 is 19.0 Å². The Hall–Kier alpha value is -1.92. The lowest BCUT2D eigenvalue weighted by molar-refractivity contribution is 0.0677. The van der Waals surface area contributed by atoms with Crippen molar-refractivity contribution in [1.29, 1.82) is 0 Å². The minimum atomic E-state index is -1.12. The van der Waals surface area contributed by atoms with Gasteiger partial charge in [0.1, 0.15) is 5.82 Å². The average Bonchev–Trinajstić information content (AvgIpc) is 2.78. The molecule has 5 nitrogen and oxygen atoms in total. The van der Waals surface area contributed by atoms with Crippen molar-refractivity contribution in [3.63, 3.8) is 0 Å². The molecule has 1 aliphatic heterocycles. The van der Waals surface area contributed by atoms with E-state index >= 15 is 0 Å². The molecule has 2 aromatic rings. The molecule has 20 heavy (non-hydrogen) atoms. The summed E-state index contributed by atoms with van der Waals surface area (Å²) in [6.07, 6.45) is 0.531. The Morgan fingerprint density at radius 3 is 3.00 bits per heavy atom. The molecule has 0 fully saturated rings. The fourth-order valence-corrected chi connectivity index (χ4v) is 2.51. The quantitative estimate of drug-likeness (QED) is 0.924. The van der Waals surface area contributed by atoms with Crippen LogP contribution in [0.5, 0.6) is 0 Å². The van der Waals surface area contributed by atoms with E-state index in [1.807, 2.05) is 0 Å². The summed E-state index contributed by atoms with van der Waals surface area (Å²) in [6, 6.07) is 3.91. The third-order valence-corrected chi connectivity index (χ3v) is 3.46. The molecule has 0 spiro atoms. The van der Waals surface area contributed by atoms with Crippen molar-refractivity contribution in [3.05, 3.63) is 46.0 Å². The fourth-order valence-electron chi connectivity index (χ4n) is 2.26. The Morgan fingerprint density at radius 2 is 2.30 bits per heavy atom. The third kappa shape index (κ3) is 2.07. The normalized spacial score (nSPS) is 14.1. The first-order valence-electron chi connectivity index (χ1n) is 5.95. The molecule has 0 unspecified atom stereocenters. The lowest BCUT2D eigenvalue weighted by atomic mass is 10.1. The Kier molecular flexibility index (Phi) is 3.19. The van der Waals surface area contributed by atoms with Gasteiger partial charge in [0, 0.05) is 12.0 Å². The van der Waals surface area contributed by atoms with Gasteiger partial charge in [-0.15, -0.1) is 0 Å². The molecular weight excluding hydrogens is 287 g/mol. The second kappa shape index (κ2) is 4.88. The van der Waals surface area contributed by atoms with Gasteiger partial charge in [-0.3, -0.25) is 0 Å². The Labute approximate surface area is 118 Å². The van der Waals surface area contributed by atoms with E-state index in [0.29, 0.717) is 24.3 Å². The summed E-state index contributed by atoms with van der Waals surface area (Å²) in [5.41, 5.74) is 1.69. The van der Waals surface area contributed by atoms with E-state index in [0.717, 1.165) is 5.69 Å². The third-order valence-electron chi connectivity index (χ3n) is 3.16. The molecule has 0 atom stereocenters. The maximum absolute atomic E-state index is 13.1. The largest absolute Gasteiger partial charge is 0.476 e. The fraction of sp³-hybridized carbons (Fsp3) is 0.231. The summed E-state index contributed by atoms with van der Waals surface area (Å²) >= 11 is 6.02. The average molecular weight is 297 g/mol. The monoisotopic (exact) mass is 296 g/mol. The van der Waals surface area contributed by atoms with Gasteiger partial charge in [0.15, 0.2) is 5.69 Å². The lowest BCUT2D eigenvalue weighted by Gasteiger charge is -2.15. The number of carboxylic acid groups (broad SMARTS) is 1. The summed E-state index contributed by atoms with van der Waals surface area (Å²) in [5.74, 6) is -1.58. The number of benzene rings is 1. The number of rotatable bonds is 2. The van der Waals surface area contributed by atoms with E-state index in [9.17, 15) is 14.3 Å². The van der Waals surface area contributed by atoms with Crippen LogP contribution >= 0.6 is 11.6 Å². The maximum atomic E-state index is 13.1. The first-order chi connectivity index (χ1) is 9.58. The van der Waals surface area contributed by atoms with Gasteiger partial charge in [-0.1, -0.05) is 11.6 Å². The van der Waals surface area contributed by atoms with Crippen LogP contribution in [0.15, 0.2) is 18.2 Å². The highest BCUT2D eigenvalue weighted by Crippen LogP contribution is 2.28. The van der Waals surface area contributed by atoms with Gasteiger partial charge in [0.2, 0.25) is 0 Å². The number of carbonyl (C=O) groups is 1. The minimum absolute atomic E-state index is 0.0555. The number of fused-ring (bicyclic) bond motifs is 1. The maximum Gasteiger partial charge on any atom is 0.356 e. The second-order valence-corrected chi connectivity index (χ2v) is 4.80. The van der Waals surface area contributed by atoms with Crippen molar-refractivity contribution in [3.8, 4) is 5.69 Å². The van der Waals surface area contributed by atoms with Crippen molar-refractivity contribution >= 4 is 17.6 Å². The van der Waals surface area contributed by atoms with Gasteiger partial charge >= 0.3 is 5.97 Å². The molecule has 1 N–H and O–H groups in total. The van der Waals surface area contributed by atoms with Gasteiger partial charge in [0.05, 0.1) is 29.6 Å². The van der Waals surface area contributed by atoms with Crippen LogP contribution in [0, 0.1) is 5.82 Å². The van der Waals surface area contributed by atoms with Gasteiger partial charge in [0.25, 0.3) is 0 Å². The number of aromatic carboxylic acids is 1. The van der Waals surface area contributed by atoms with E-state index in [1.54, 1.807) is 0 Å². The van der Waals surface area contributed by atoms with Crippen LogP contribution in [0.1, 0.15) is 21.7 Å². The molecule has 1 aliphatic rings. The standard InChI is InChI=1S/C13H10ClFN2O3/c14-9-5-7(15)1-2-11(9)17-10-3-4-20-6-8(10)12(16-17)13(18)19/h1-2,5H,3-4,6H2,(H,18,19). The Balaban J connectivity index is 2.21. The van der Waals surface area contributed by atoms with Crippen LogP contribution in [0.25, 0.3) is 5.69 Å². The van der Waals surface area contributed by atoms with E-state index in [-0.39, 0.29) is 17.3 Å². The number of hydrogen-bond donors (Lipinski definition) is 1. The molecular formula is C13H10ClFN2O3. The van der Waals surface area contributed by atoms with E-state index in [2.05, 4.69) is 5.10 Å². The van der Waals surface area contributed by atoms with Crippen molar-refractivity contribution in [1.82, 2.24) is 9.78 Å². The first kappa shape index (κ1) is 13.1. The number of nitrogens with zero attached hydrogens (tertiary/aromatic N) is 2. The molecule has 0 amide bonds. The lowest BCUT2D eigenvalue weighted by Crippen LogP contribution is -2.13. The summed E-state index contributed by atoms with van der Waals surface area (Å²) < 4.78 is 19.8. The van der Waals surface area contributed by atoms with Crippen LogP contribution in [0.3, 0.4) is 0 Å². The molecule has 0 saturated heterocycles. The summed E-state index contributed by atoms with van der Waals surface area (Å²) in [7, 11) is 0. The van der Waals surface area contributed by atoms with Crippen LogP contribution in [-0.2, 0) is 17.8 Å². The number of hydrogen-bond acceptors (Lipinski definition) is 3. The predicted molar refractivity (Wildman–Crippen MR) is 68.9 cm³/mol. The molecule has 0 bridgehead atoms. The van der Waals surface area contributed by atoms with Crippen LogP contribution in [0.4, 0.5) is 4.39 Å². The zero-order valence-electron chi connectivity index (χ0n) is 10.3. The topological polar surface area (TPSA) is 64.3 Å². The van der Waals surface area contributed by atoms with Gasteiger partial charge in [-0.25, -0.2) is 13.9 Å². The van der Waals surface area contributed by atoms with Gasteiger partial charge < -0.3 is 9.84 Å². The molecule has 3 rings (SSSR count). The smallest absolute Gasteiger partial charge is 0.356 e. The van der Waals surface area contributed by atoms with Crippen LogP contribution < -0.4 is 0 Å². The van der Waals surface area contributed by atoms with Crippen molar-refractivity contribution in [2.45, 2.75) is 13.0 Å². The molecule has 104 valence electrons. The van der Waals surface area contributed by atoms with Gasteiger partial charge in [-0.2, -0.15) is 5.10 Å². The highest BCUT2D eigenvalue weighted by atomic mass is 35.5. The van der Waals surface area contributed by atoms with E-state index in [4.69, 9.17) is 16.3 Å². The van der Waals surface area contributed by atoms with E-state index < -0.39 is 11.8 Å². The number of aromatic nitrogens is 2. The number of carboxylic acids is 1. The zero-order chi connectivity index (χ0) is 14.3.